The predicted molar refractivity (Wildman–Crippen MR) is 168 cm³/mol. The number of carbonyl (C=O) groups excluding carboxylic acids is 1. The van der Waals surface area contributed by atoms with E-state index in [-0.39, 0.29) is 11.7 Å². The van der Waals surface area contributed by atoms with Crippen molar-refractivity contribution in [3.05, 3.63) is 77.6 Å². The molecule has 2 heterocycles. The first kappa shape index (κ1) is 29.7. The summed E-state index contributed by atoms with van der Waals surface area (Å²) in [5.41, 5.74) is 10.7. The number of nitrogens with zero attached hydrogens (tertiary/aromatic N) is 3. The Hall–Kier alpha value is -4.24. The van der Waals surface area contributed by atoms with Gasteiger partial charge in [-0.05, 0) is 68.2 Å². The second-order valence-corrected chi connectivity index (χ2v) is 10.3. The summed E-state index contributed by atoms with van der Waals surface area (Å²) in [6.45, 7) is 8.99. The summed E-state index contributed by atoms with van der Waals surface area (Å²) < 4.78 is 0. The molecule has 0 aliphatic heterocycles. The molecule has 4 aromatic rings. The maximum atomic E-state index is 12.8. The third-order valence-electron chi connectivity index (χ3n) is 7.20. The maximum Gasteiger partial charge on any atom is 0.251 e. The number of hydrogen-bond donors (Lipinski definition) is 5. The van der Waals surface area contributed by atoms with Crippen LogP contribution in [0.4, 0.5) is 5.95 Å². The van der Waals surface area contributed by atoms with Crippen LogP contribution < -0.4 is 16.4 Å². The quantitative estimate of drug-likeness (QED) is 0.0955. The average molecular weight is 555 g/mol. The van der Waals surface area contributed by atoms with E-state index in [0.717, 1.165) is 53.9 Å². The Morgan fingerprint density at radius 3 is 2.46 bits per heavy atom. The third kappa shape index (κ3) is 8.38. The number of H-pyrrole nitrogens is 1. The van der Waals surface area contributed by atoms with E-state index in [1.165, 1.54) is 25.7 Å². The number of amides is 1. The minimum absolute atomic E-state index is 0.0338. The van der Waals surface area contributed by atoms with Crippen LogP contribution >= 0.6 is 0 Å². The summed E-state index contributed by atoms with van der Waals surface area (Å²) >= 11 is 0. The standard InChI is InChI=1S/C32H42N8O/c1-3-5-18-40(19-6-4-2)20-17-37-32-36-16-14-28(39-32)24-8-10-25(11-9-24)31(41)35-15-13-23-7-12-29-26(21-23)27(22-38-29)30(33)34/h7-12,14,16,21-22,38H,3-6,13,15,17-20H2,1-2H3,(H3,33,34)(H,35,41)(H,36,37,39). The highest BCUT2D eigenvalue weighted by Gasteiger charge is 2.10. The lowest BCUT2D eigenvalue weighted by Crippen LogP contribution is -2.31. The van der Waals surface area contributed by atoms with E-state index < -0.39 is 0 Å². The van der Waals surface area contributed by atoms with Gasteiger partial charge in [0.25, 0.3) is 5.91 Å². The molecule has 9 nitrogen and oxygen atoms in total. The van der Waals surface area contributed by atoms with Gasteiger partial charge in [0.15, 0.2) is 0 Å². The van der Waals surface area contributed by atoms with Crippen LogP contribution in [0, 0.1) is 5.41 Å². The van der Waals surface area contributed by atoms with Gasteiger partial charge < -0.3 is 26.3 Å². The third-order valence-corrected chi connectivity index (χ3v) is 7.20. The Labute approximate surface area is 242 Å². The smallest absolute Gasteiger partial charge is 0.251 e. The highest BCUT2D eigenvalue weighted by atomic mass is 16.1. The molecule has 4 rings (SSSR count). The van der Waals surface area contributed by atoms with Crippen molar-refractivity contribution in [3.63, 3.8) is 0 Å². The summed E-state index contributed by atoms with van der Waals surface area (Å²) in [5.74, 6) is 0.527. The topological polar surface area (TPSA) is 136 Å². The molecule has 6 N–H and O–H groups in total. The molecule has 0 aliphatic carbocycles. The Balaban J connectivity index is 1.28. The number of nitrogens with two attached hydrogens (primary N) is 1. The number of anilines is 1. The molecule has 0 fully saturated rings. The van der Waals surface area contributed by atoms with E-state index in [2.05, 4.69) is 39.3 Å². The highest BCUT2D eigenvalue weighted by molar-refractivity contribution is 6.07. The minimum Gasteiger partial charge on any atom is -0.384 e. The first-order valence-electron chi connectivity index (χ1n) is 14.6. The molecule has 9 heteroatoms. The number of hydrogen-bond acceptors (Lipinski definition) is 6. The van der Waals surface area contributed by atoms with Gasteiger partial charge in [-0.2, -0.15) is 0 Å². The molecule has 0 atom stereocenters. The van der Waals surface area contributed by atoms with Gasteiger partial charge in [-0.3, -0.25) is 10.2 Å². The van der Waals surface area contributed by atoms with Gasteiger partial charge >= 0.3 is 0 Å². The van der Waals surface area contributed by atoms with Crippen LogP contribution in [0.5, 0.6) is 0 Å². The zero-order chi connectivity index (χ0) is 29.0. The fourth-order valence-electron chi connectivity index (χ4n) is 4.79. The van der Waals surface area contributed by atoms with Gasteiger partial charge in [0, 0.05) is 59.6 Å². The van der Waals surface area contributed by atoms with Crippen LogP contribution in [0.15, 0.2) is 60.9 Å². The lowest BCUT2D eigenvalue weighted by atomic mass is 10.1. The average Bonchev–Trinajstić information content (AvgIpc) is 3.42. The molecule has 1 amide bonds. The molecular weight excluding hydrogens is 512 g/mol. The van der Waals surface area contributed by atoms with Crippen LogP contribution in [0.3, 0.4) is 0 Å². The summed E-state index contributed by atoms with van der Waals surface area (Å²) in [6, 6.07) is 15.4. The van der Waals surface area contributed by atoms with Crippen molar-refractivity contribution in [2.75, 3.05) is 38.0 Å². The highest BCUT2D eigenvalue weighted by Crippen LogP contribution is 2.20. The number of carbonyl (C=O) groups is 1. The van der Waals surface area contributed by atoms with E-state index in [1.807, 2.05) is 48.5 Å². The van der Waals surface area contributed by atoms with Gasteiger partial charge in [-0.25, -0.2) is 9.97 Å². The van der Waals surface area contributed by atoms with Crippen LogP contribution in [-0.4, -0.2) is 64.3 Å². The number of nitrogens with one attached hydrogen (secondary N) is 4. The van der Waals surface area contributed by atoms with E-state index in [9.17, 15) is 4.79 Å². The second kappa shape index (κ2) is 14.9. The molecule has 2 aromatic carbocycles. The number of aromatic nitrogens is 3. The van der Waals surface area contributed by atoms with Gasteiger partial charge in [-0.1, -0.05) is 44.9 Å². The Bertz CT molecular complexity index is 1420. The summed E-state index contributed by atoms with van der Waals surface area (Å²) in [4.78, 5) is 27.5. The van der Waals surface area contributed by atoms with Crippen molar-refractivity contribution in [3.8, 4) is 11.3 Å². The summed E-state index contributed by atoms with van der Waals surface area (Å²) in [6.07, 6.45) is 9.04. The van der Waals surface area contributed by atoms with Crippen LogP contribution in [-0.2, 0) is 6.42 Å². The molecular formula is C32H42N8O. The number of amidine groups is 1. The van der Waals surface area contributed by atoms with Crippen molar-refractivity contribution in [2.45, 2.75) is 46.0 Å². The van der Waals surface area contributed by atoms with Gasteiger partial charge in [-0.15, -0.1) is 0 Å². The van der Waals surface area contributed by atoms with E-state index in [4.69, 9.17) is 16.1 Å². The molecule has 0 radical (unpaired) electrons. The number of fused-ring (bicyclic) bond motifs is 1. The number of aromatic amines is 1. The number of rotatable bonds is 16. The van der Waals surface area contributed by atoms with Crippen molar-refractivity contribution >= 4 is 28.6 Å². The second-order valence-electron chi connectivity index (χ2n) is 10.3. The maximum absolute atomic E-state index is 12.8. The van der Waals surface area contributed by atoms with E-state index >= 15 is 0 Å². The molecule has 0 saturated carbocycles. The normalized spacial score (nSPS) is 11.2. The number of unbranched alkanes of at least 4 members (excludes halogenated alkanes) is 2. The molecule has 216 valence electrons. The van der Waals surface area contributed by atoms with Crippen molar-refractivity contribution < 1.29 is 4.79 Å². The first-order valence-corrected chi connectivity index (χ1v) is 14.6. The van der Waals surface area contributed by atoms with Crippen molar-refractivity contribution in [1.82, 2.24) is 25.2 Å². The minimum atomic E-state index is -0.121. The molecule has 0 unspecified atom stereocenters. The lowest BCUT2D eigenvalue weighted by molar-refractivity contribution is 0.0954. The zero-order valence-electron chi connectivity index (χ0n) is 24.2. The Kier molecular flexibility index (Phi) is 10.8. The Morgan fingerprint density at radius 2 is 1.76 bits per heavy atom. The SMILES string of the molecule is CCCCN(CCCC)CCNc1nccc(-c2ccc(C(=O)NCCc3ccc4[nH]cc(C(=N)N)c4c3)cc2)n1. The zero-order valence-corrected chi connectivity index (χ0v) is 24.2. The summed E-state index contributed by atoms with van der Waals surface area (Å²) in [7, 11) is 0. The first-order chi connectivity index (χ1) is 20.0. The van der Waals surface area contributed by atoms with E-state index in [1.54, 1.807) is 12.4 Å². The molecule has 2 aromatic heterocycles. The molecule has 0 bridgehead atoms. The summed E-state index contributed by atoms with van der Waals surface area (Å²) in [5, 5.41) is 15.0. The molecule has 0 aliphatic rings. The molecule has 41 heavy (non-hydrogen) atoms. The predicted octanol–water partition coefficient (Wildman–Crippen LogP) is 5.20. The van der Waals surface area contributed by atoms with Gasteiger partial charge in [0.2, 0.25) is 5.95 Å². The van der Waals surface area contributed by atoms with Crippen LogP contribution in [0.25, 0.3) is 22.2 Å². The lowest BCUT2D eigenvalue weighted by Gasteiger charge is -2.22. The largest absolute Gasteiger partial charge is 0.384 e. The van der Waals surface area contributed by atoms with Gasteiger partial charge in [0.1, 0.15) is 5.84 Å². The fourth-order valence-corrected chi connectivity index (χ4v) is 4.79. The van der Waals surface area contributed by atoms with Crippen LogP contribution in [0.1, 0.15) is 61.0 Å². The monoisotopic (exact) mass is 554 g/mol. The van der Waals surface area contributed by atoms with Gasteiger partial charge in [0.05, 0.1) is 5.69 Å². The van der Waals surface area contributed by atoms with Crippen molar-refractivity contribution in [2.24, 2.45) is 5.73 Å². The van der Waals surface area contributed by atoms with Crippen LogP contribution in [0.2, 0.25) is 0 Å². The Morgan fingerprint density at radius 1 is 1.00 bits per heavy atom. The fraction of sp³-hybridized carbons (Fsp3) is 0.375. The number of benzene rings is 2. The van der Waals surface area contributed by atoms with E-state index in [0.29, 0.717) is 30.0 Å². The number of nitrogen functional groups attached to an aromatic ring is 1. The molecule has 0 spiro atoms. The molecule has 0 saturated heterocycles. The van der Waals surface area contributed by atoms with Crippen molar-refractivity contribution in [1.29, 1.82) is 5.41 Å².